The fourth-order valence-electron chi connectivity index (χ4n) is 2.52. The monoisotopic (exact) mass is 303 g/mol. The van der Waals surface area contributed by atoms with E-state index in [1.54, 1.807) is 10.9 Å². The SMILES string of the molecule is CCCn1ncc(Br)c1C1(F)CCC(N)CC1. The van der Waals surface area contributed by atoms with E-state index in [0.717, 1.165) is 30.3 Å². The quantitative estimate of drug-likeness (QED) is 0.932. The molecule has 0 aliphatic heterocycles. The minimum atomic E-state index is -1.26. The Kier molecular flexibility index (Phi) is 3.88. The average molecular weight is 304 g/mol. The van der Waals surface area contributed by atoms with Gasteiger partial charge >= 0.3 is 0 Å². The molecule has 0 radical (unpaired) electrons. The van der Waals surface area contributed by atoms with Crippen LogP contribution in [0.15, 0.2) is 10.7 Å². The van der Waals surface area contributed by atoms with Crippen molar-refractivity contribution in [3.8, 4) is 0 Å². The Bertz CT molecular complexity index is 383. The van der Waals surface area contributed by atoms with Crippen LogP contribution in [0.25, 0.3) is 0 Å². The molecule has 0 spiro atoms. The summed E-state index contributed by atoms with van der Waals surface area (Å²) < 4.78 is 17.6. The van der Waals surface area contributed by atoms with E-state index < -0.39 is 5.67 Å². The van der Waals surface area contributed by atoms with Crippen molar-refractivity contribution in [1.82, 2.24) is 9.78 Å². The molecule has 2 rings (SSSR count). The summed E-state index contributed by atoms with van der Waals surface area (Å²) in [5, 5.41) is 4.24. The van der Waals surface area contributed by atoms with Gasteiger partial charge in [-0.25, -0.2) is 4.39 Å². The molecule has 1 heterocycles. The predicted molar refractivity (Wildman–Crippen MR) is 69.4 cm³/mol. The first-order valence-corrected chi connectivity index (χ1v) is 7.02. The van der Waals surface area contributed by atoms with Gasteiger partial charge in [0.15, 0.2) is 5.67 Å². The van der Waals surface area contributed by atoms with E-state index >= 15 is 4.39 Å². The molecule has 0 unspecified atom stereocenters. The van der Waals surface area contributed by atoms with Crippen LogP contribution in [-0.2, 0) is 12.2 Å². The van der Waals surface area contributed by atoms with Gasteiger partial charge in [0.25, 0.3) is 0 Å². The highest BCUT2D eigenvalue weighted by Gasteiger charge is 2.40. The van der Waals surface area contributed by atoms with Crippen LogP contribution in [0.1, 0.15) is 44.7 Å². The molecule has 1 saturated carbocycles. The summed E-state index contributed by atoms with van der Waals surface area (Å²) in [4.78, 5) is 0. The highest BCUT2D eigenvalue weighted by molar-refractivity contribution is 9.10. The van der Waals surface area contributed by atoms with Gasteiger partial charge in [-0.15, -0.1) is 0 Å². The molecule has 0 atom stereocenters. The Morgan fingerprint density at radius 1 is 1.59 bits per heavy atom. The standard InChI is InChI=1S/C12H19BrFN3/c1-2-7-17-11(10(13)8-16-17)12(14)5-3-9(15)4-6-12/h8-9H,2-7,15H2,1H3. The third kappa shape index (κ3) is 2.55. The molecule has 96 valence electrons. The van der Waals surface area contributed by atoms with E-state index in [0.29, 0.717) is 18.5 Å². The smallest absolute Gasteiger partial charge is 0.153 e. The number of halogens is 2. The summed E-state index contributed by atoms with van der Waals surface area (Å²) in [5.74, 6) is 0. The topological polar surface area (TPSA) is 43.8 Å². The lowest BCUT2D eigenvalue weighted by Crippen LogP contribution is -2.35. The minimum Gasteiger partial charge on any atom is -0.328 e. The Hall–Kier alpha value is -0.420. The molecule has 0 bridgehead atoms. The summed E-state index contributed by atoms with van der Waals surface area (Å²) in [7, 11) is 0. The normalized spacial score (nSPS) is 29.5. The van der Waals surface area contributed by atoms with Crippen molar-refractivity contribution in [3.05, 3.63) is 16.4 Å². The highest BCUT2D eigenvalue weighted by atomic mass is 79.9. The third-order valence-electron chi connectivity index (χ3n) is 3.48. The molecular formula is C12H19BrFN3. The van der Waals surface area contributed by atoms with Crippen molar-refractivity contribution in [2.45, 2.75) is 57.3 Å². The molecule has 1 aliphatic carbocycles. The molecule has 1 aliphatic rings. The summed E-state index contributed by atoms with van der Waals surface area (Å²) in [6.45, 7) is 2.83. The number of aryl methyl sites for hydroxylation is 1. The second-order valence-electron chi connectivity index (χ2n) is 4.87. The van der Waals surface area contributed by atoms with Crippen molar-refractivity contribution >= 4 is 15.9 Å². The molecule has 5 heteroatoms. The maximum Gasteiger partial charge on any atom is 0.153 e. The van der Waals surface area contributed by atoms with Gasteiger partial charge in [0.1, 0.15) is 0 Å². The van der Waals surface area contributed by atoms with Crippen LogP contribution >= 0.6 is 15.9 Å². The number of hydrogen-bond donors (Lipinski definition) is 1. The average Bonchev–Trinajstić information content (AvgIpc) is 2.66. The van der Waals surface area contributed by atoms with Gasteiger partial charge < -0.3 is 5.73 Å². The number of nitrogens with two attached hydrogens (primary N) is 1. The summed E-state index contributed by atoms with van der Waals surface area (Å²) >= 11 is 3.42. The Morgan fingerprint density at radius 2 is 2.24 bits per heavy atom. The van der Waals surface area contributed by atoms with Crippen molar-refractivity contribution < 1.29 is 4.39 Å². The molecule has 3 nitrogen and oxygen atoms in total. The lowest BCUT2D eigenvalue weighted by Gasteiger charge is -2.33. The van der Waals surface area contributed by atoms with E-state index in [9.17, 15) is 0 Å². The van der Waals surface area contributed by atoms with Crippen molar-refractivity contribution in [3.63, 3.8) is 0 Å². The Balaban J connectivity index is 2.28. The van der Waals surface area contributed by atoms with Crippen molar-refractivity contribution in [2.75, 3.05) is 0 Å². The van der Waals surface area contributed by atoms with Gasteiger partial charge in [0, 0.05) is 12.6 Å². The largest absolute Gasteiger partial charge is 0.328 e. The third-order valence-corrected chi connectivity index (χ3v) is 4.06. The van der Waals surface area contributed by atoms with Crippen LogP contribution in [0.2, 0.25) is 0 Å². The maximum atomic E-state index is 15.0. The zero-order valence-corrected chi connectivity index (χ0v) is 11.7. The van der Waals surface area contributed by atoms with E-state index in [4.69, 9.17) is 5.73 Å². The first-order valence-electron chi connectivity index (χ1n) is 6.23. The van der Waals surface area contributed by atoms with Crippen LogP contribution in [0, 0.1) is 0 Å². The number of rotatable bonds is 3. The van der Waals surface area contributed by atoms with E-state index in [1.165, 1.54) is 0 Å². The van der Waals surface area contributed by atoms with Crippen LogP contribution in [-0.4, -0.2) is 15.8 Å². The minimum absolute atomic E-state index is 0.153. The number of alkyl halides is 1. The maximum absolute atomic E-state index is 15.0. The molecule has 1 aromatic heterocycles. The fourth-order valence-corrected chi connectivity index (χ4v) is 3.18. The zero-order chi connectivity index (χ0) is 12.5. The second kappa shape index (κ2) is 5.06. The van der Waals surface area contributed by atoms with Gasteiger partial charge in [-0.2, -0.15) is 5.10 Å². The van der Waals surface area contributed by atoms with E-state index in [-0.39, 0.29) is 6.04 Å². The lowest BCUT2D eigenvalue weighted by atomic mass is 9.81. The molecule has 0 aromatic carbocycles. The summed E-state index contributed by atoms with van der Waals surface area (Å²) in [6.07, 6.45) is 5.16. The molecule has 2 N–H and O–H groups in total. The van der Waals surface area contributed by atoms with Gasteiger partial charge in [-0.05, 0) is 48.0 Å². The predicted octanol–water partition coefficient (Wildman–Crippen LogP) is 3.12. The van der Waals surface area contributed by atoms with Gasteiger partial charge in [0.2, 0.25) is 0 Å². The van der Waals surface area contributed by atoms with Crippen molar-refractivity contribution in [2.24, 2.45) is 5.73 Å². The Labute approximate surface area is 110 Å². The van der Waals surface area contributed by atoms with Crippen LogP contribution < -0.4 is 5.73 Å². The molecule has 0 amide bonds. The molecule has 17 heavy (non-hydrogen) atoms. The lowest BCUT2D eigenvalue weighted by molar-refractivity contribution is 0.0860. The molecule has 1 aromatic rings. The first-order chi connectivity index (χ1) is 8.07. The van der Waals surface area contributed by atoms with E-state index in [1.807, 2.05) is 0 Å². The summed E-state index contributed by atoms with van der Waals surface area (Å²) in [6, 6.07) is 0.153. The molecular weight excluding hydrogens is 285 g/mol. The van der Waals surface area contributed by atoms with Gasteiger partial charge in [-0.1, -0.05) is 6.92 Å². The second-order valence-corrected chi connectivity index (χ2v) is 5.72. The number of aromatic nitrogens is 2. The highest BCUT2D eigenvalue weighted by Crippen LogP contribution is 2.43. The number of nitrogens with zero attached hydrogens (tertiary/aromatic N) is 2. The Morgan fingerprint density at radius 3 is 2.82 bits per heavy atom. The first kappa shape index (κ1) is 13.0. The zero-order valence-electron chi connectivity index (χ0n) is 10.1. The van der Waals surface area contributed by atoms with Gasteiger partial charge in [0.05, 0.1) is 16.4 Å². The summed E-state index contributed by atoms with van der Waals surface area (Å²) in [5.41, 5.74) is 5.28. The van der Waals surface area contributed by atoms with Crippen LogP contribution in [0.3, 0.4) is 0 Å². The van der Waals surface area contributed by atoms with Gasteiger partial charge in [-0.3, -0.25) is 4.68 Å². The number of hydrogen-bond acceptors (Lipinski definition) is 2. The molecule has 0 saturated heterocycles. The van der Waals surface area contributed by atoms with Crippen LogP contribution in [0.4, 0.5) is 4.39 Å². The van der Waals surface area contributed by atoms with Crippen LogP contribution in [0.5, 0.6) is 0 Å². The van der Waals surface area contributed by atoms with Crippen molar-refractivity contribution in [1.29, 1.82) is 0 Å². The molecule has 1 fully saturated rings. The van der Waals surface area contributed by atoms with E-state index in [2.05, 4.69) is 28.0 Å². The fraction of sp³-hybridized carbons (Fsp3) is 0.750.